The quantitative estimate of drug-likeness (QED) is 0.551. The third-order valence-electron chi connectivity index (χ3n) is 2.54. The van der Waals surface area contributed by atoms with Crippen LogP contribution in [0.1, 0.15) is 5.56 Å². The molecule has 21 heavy (non-hydrogen) atoms. The third kappa shape index (κ3) is 5.12. The molecule has 0 N–H and O–H groups in total. The molecule has 7 heteroatoms. The molecule has 0 unspecified atom stereocenters. The number of ether oxygens (including phenoxy) is 1. The van der Waals surface area contributed by atoms with E-state index in [0.717, 1.165) is 3.57 Å². The summed E-state index contributed by atoms with van der Waals surface area (Å²) in [6, 6.07) is 10.6. The molecule has 2 aromatic carbocycles. The van der Waals surface area contributed by atoms with Crippen molar-refractivity contribution in [3.05, 3.63) is 55.0 Å². The monoisotopic (exact) mass is 500 g/mol. The highest BCUT2D eigenvalue weighted by molar-refractivity contribution is 14.1. The van der Waals surface area contributed by atoms with E-state index in [1.165, 1.54) is 6.26 Å². The maximum Gasteiger partial charge on any atom is 0.151 e. The van der Waals surface area contributed by atoms with E-state index in [1.807, 2.05) is 6.07 Å². The van der Waals surface area contributed by atoms with Gasteiger partial charge in [0, 0.05) is 11.3 Å². The fourth-order valence-electron chi connectivity index (χ4n) is 1.70. The van der Waals surface area contributed by atoms with E-state index in [1.54, 1.807) is 30.3 Å². The molecule has 0 aliphatic carbocycles. The Morgan fingerprint density at radius 3 is 2.43 bits per heavy atom. The van der Waals surface area contributed by atoms with Gasteiger partial charge in [0.2, 0.25) is 0 Å². The average molecular weight is 502 g/mol. The Hall–Kier alpha value is -0.310. The molecular weight excluding hydrogens is 490 g/mol. The van der Waals surface area contributed by atoms with E-state index in [4.69, 9.17) is 16.3 Å². The summed E-state index contributed by atoms with van der Waals surface area (Å²) in [5, 5.41) is 0.648. The van der Waals surface area contributed by atoms with Gasteiger partial charge in [0.05, 0.1) is 13.8 Å². The lowest BCUT2D eigenvalue weighted by molar-refractivity contribution is 0.476. The van der Waals surface area contributed by atoms with Crippen LogP contribution in [-0.4, -0.2) is 14.7 Å². The van der Waals surface area contributed by atoms with Gasteiger partial charge in [-0.05, 0) is 74.4 Å². The zero-order chi connectivity index (χ0) is 15.6. The number of hydrogen-bond donors (Lipinski definition) is 0. The fraction of sp³-hybridized carbons (Fsp3) is 0.143. The number of halogens is 3. The second kappa shape index (κ2) is 6.85. The van der Waals surface area contributed by atoms with Crippen molar-refractivity contribution in [2.45, 2.75) is 5.75 Å². The van der Waals surface area contributed by atoms with Gasteiger partial charge >= 0.3 is 0 Å². The Balaban J connectivity index is 2.25. The molecule has 2 rings (SSSR count). The second-order valence-corrected chi connectivity index (χ2v) is 9.10. The Bertz CT molecular complexity index is 778. The molecule has 0 saturated heterocycles. The largest absolute Gasteiger partial charge is 0.455 e. The van der Waals surface area contributed by atoms with Gasteiger partial charge < -0.3 is 4.74 Å². The van der Waals surface area contributed by atoms with Gasteiger partial charge in [0.15, 0.2) is 9.84 Å². The first kappa shape index (κ1) is 17.1. The maximum atomic E-state index is 11.3. The zero-order valence-electron chi connectivity index (χ0n) is 10.9. The van der Waals surface area contributed by atoms with E-state index >= 15 is 0 Å². The van der Waals surface area contributed by atoms with Crippen molar-refractivity contribution in [2.75, 3.05) is 6.26 Å². The summed E-state index contributed by atoms with van der Waals surface area (Å²) in [7, 11) is -3.05. The molecule has 0 aliphatic heterocycles. The van der Waals surface area contributed by atoms with Gasteiger partial charge in [0.25, 0.3) is 0 Å². The summed E-state index contributed by atoms with van der Waals surface area (Å²) in [5.74, 6) is 1.31. The molecule has 0 bridgehead atoms. The molecule has 0 aliphatic rings. The van der Waals surface area contributed by atoms with Crippen LogP contribution >= 0.6 is 50.1 Å². The summed E-state index contributed by atoms with van der Waals surface area (Å²) in [5.41, 5.74) is 0.711. The summed E-state index contributed by atoms with van der Waals surface area (Å²) >= 11 is 11.5. The summed E-state index contributed by atoms with van der Waals surface area (Å²) < 4.78 is 30.0. The highest BCUT2D eigenvalue weighted by Crippen LogP contribution is 2.34. The molecule has 0 spiro atoms. The maximum absolute atomic E-state index is 11.3. The van der Waals surface area contributed by atoms with Crippen molar-refractivity contribution in [3.63, 3.8) is 0 Å². The normalized spacial score (nSPS) is 11.4. The number of rotatable bonds is 4. The molecule has 0 amide bonds. The lowest BCUT2D eigenvalue weighted by atomic mass is 10.2. The third-order valence-corrected chi connectivity index (χ3v) is 5.09. The minimum atomic E-state index is -3.05. The first-order valence-corrected chi connectivity index (χ1v) is 10.1. The van der Waals surface area contributed by atoms with Crippen LogP contribution < -0.4 is 4.74 Å². The molecule has 0 fully saturated rings. The minimum absolute atomic E-state index is 0.00432. The van der Waals surface area contributed by atoms with Crippen LogP contribution in [0.2, 0.25) is 5.02 Å². The molecule has 112 valence electrons. The van der Waals surface area contributed by atoms with Crippen molar-refractivity contribution in [1.29, 1.82) is 0 Å². The van der Waals surface area contributed by atoms with Crippen LogP contribution in [0, 0.1) is 3.57 Å². The molecule has 0 atom stereocenters. The van der Waals surface area contributed by atoms with Crippen molar-refractivity contribution >= 4 is 60.0 Å². The smallest absolute Gasteiger partial charge is 0.151 e. The Morgan fingerprint density at radius 2 is 1.86 bits per heavy atom. The van der Waals surface area contributed by atoms with E-state index in [2.05, 4.69) is 38.5 Å². The summed E-state index contributed by atoms with van der Waals surface area (Å²) in [4.78, 5) is 0. The van der Waals surface area contributed by atoms with Crippen LogP contribution in [0.25, 0.3) is 0 Å². The lowest BCUT2D eigenvalue weighted by Crippen LogP contribution is -2.00. The Morgan fingerprint density at radius 1 is 1.19 bits per heavy atom. The van der Waals surface area contributed by atoms with Gasteiger partial charge in [-0.15, -0.1) is 0 Å². The van der Waals surface area contributed by atoms with Gasteiger partial charge in [-0.25, -0.2) is 8.42 Å². The van der Waals surface area contributed by atoms with Crippen LogP contribution in [0.4, 0.5) is 0 Å². The first-order chi connectivity index (χ1) is 9.74. The van der Waals surface area contributed by atoms with E-state index in [9.17, 15) is 8.42 Å². The first-order valence-electron chi connectivity index (χ1n) is 5.84. The molecule has 0 heterocycles. The van der Waals surface area contributed by atoms with E-state index < -0.39 is 9.84 Å². The summed E-state index contributed by atoms with van der Waals surface area (Å²) in [6.45, 7) is 0. The Kier molecular flexibility index (Phi) is 5.56. The highest BCUT2D eigenvalue weighted by Gasteiger charge is 2.10. The average Bonchev–Trinajstić information content (AvgIpc) is 2.33. The van der Waals surface area contributed by atoms with Crippen molar-refractivity contribution in [3.8, 4) is 11.5 Å². The van der Waals surface area contributed by atoms with Crippen LogP contribution in [-0.2, 0) is 15.6 Å². The van der Waals surface area contributed by atoms with Crippen LogP contribution in [0.15, 0.2) is 40.9 Å². The Labute approximate surface area is 150 Å². The summed E-state index contributed by atoms with van der Waals surface area (Å²) in [6.07, 6.45) is 1.21. The van der Waals surface area contributed by atoms with Gasteiger partial charge in [-0.2, -0.15) is 0 Å². The number of benzene rings is 2. The second-order valence-electron chi connectivity index (χ2n) is 4.51. The highest BCUT2D eigenvalue weighted by atomic mass is 127. The molecular formula is C14H11BrClIO3S. The lowest BCUT2D eigenvalue weighted by Gasteiger charge is -2.11. The van der Waals surface area contributed by atoms with Crippen molar-refractivity contribution in [1.82, 2.24) is 0 Å². The number of sulfone groups is 1. The zero-order valence-corrected chi connectivity index (χ0v) is 16.3. The predicted molar refractivity (Wildman–Crippen MR) is 96.9 cm³/mol. The van der Waals surface area contributed by atoms with Crippen molar-refractivity contribution < 1.29 is 13.2 Å². The molecule has 0 saturated carbocycles. The van der Waals surface area contributed by atoms with Gasteiger partial charge in [-0.3, -0.25) is 0 Å². The SMILES string of the molecule is CS(=O)(=O)Cc1ccc(Oc2ccc(Cl)cc2I)c(Br)c1. The topological polar surface area (TPSA) is 43.4 Å². The van der Waals surface area contributed by atoms with Crippen LogP contribution in [0.3, 0.4) is 0 Å². The minimum Gasteiger partial charge on any atom is -0.455 e. The van der Waals surface area contributed by atoms with Crippen molar-refractivity contribution in [2.24, 2.45) is 0 Å². The molecule has 2 aromatic rings. The standard InChI is InChI=1S/C14H11BrClIO3S/c1-21(18,19)8-9-2-4-13(11(15)6-9)20-14-5-3-10(16)7-12(14)17/h2-7H,8H2,1H3. The predicted octanol–water partition coefficient (Wildman–Crippen LogP) is 5.04. The van der Waals surface area contributed by atoms with Gasteiger partial charge in [0.1, 0.15) is 11.5 Å². The molecule has 3 nitrogen and oxygen atoms in total. The van der Waals surface area contributed by atoms with E-state index in [0.29, 0.717) is 26.6 Å². The molecule has 0 radical (unpaired) electrons. The van der Waals surface area contributed by atoms with E-state index in [-0.39, 0.29) is 5.75 Å². The van der Waals surface area contributed by atoms with Gasteiger partial charge in [-0.1, -0.05) is 17.7 Å². The van der Waals surface area contributed by atoms with Crippen LogP contribution in [0.5, 0.6) is 11.5 Å². The number of hydrogen-bond acceptors (Lipinski definition) is 3. The molecule has 0 aromatic heterocycles. The fourth-order valence-corrected chi connectivity index (χ4v) is 3.97.